The SMILES string of the molecule is Cc1ccccc1C(=O)CSCC(=O)NC1CC1. The van der Waals surface area contributed by atoms with E-state index in [1.807, 2.05) is 31.2 Å². The van der Waals surface area contributed by atoms with Crippen LogP contribution in [0.5, 0.6) is 0 Å². The molecule has 1 aliphatic rings. The second-order valence-electron chi connectivity index (χ2n) is 4.57. The quantitative estimate of drug-likeness (QED) is 0.800. The highest BCUT2D eigenvalue weighted by Crippen LogP contribution is 2.19. The lowest BCUT2D eigenvalue weighted by atomic mass is 10.1. The molecule has 1 aromatic carbocycles. The Balaban J connectivity index is 1.74. The monoisotopic (exact) mass is 263 g/mol. The maximum atomic E-state index is 11.9. The van der Waals surface area contributed by atoms with Crippen molar-refractivity contribution in [3.8, 4) is 0 Å². The molecule has 96 valence electrons. The first kappa shape index (κ1) is 13.1. The van der Waals surface area contributed by atoms with Gasteiger partial charge in [0.05, 0.1) is 11.5 Å². The van der Waals surface area contributed by atoms with Gasteiger partial charge >= 0.3 is 0 Å². The Morgan fingerprint density at radius 1 is 1.28 bits per heavy atom. The molecule has 1 aliphatic carbocycles. The minimum atomic E-state index is 0.0417. The molecule has 0 saturated heterocycles. The van der Waals surface area contributed by atoms with Crippen molar-refractivity contribution >= 4 is 23.5 Å². The molecule has 0 aliphatic heterocycles. The highest BCUT2D eigenvalue weighted by Gasteiger charge is 2.23. The highest BCUT2D eigenvalue weighted by molar-refractivity contribution is 8.00. The van der Waals surface area contributed by atoms with Gasteiger partial charge in [-0.15, -0.1) is 11.8 Å². The predicted molar refractivity (Wildman–Crippen MR) is 74.0 cm³/mol. The summed E-state index contributed by atoms with van der Waals surface area (Å²) in [6.45, 7) is 1.93. The van der Waals surface area contributed by atoms with Crippen LogP contribution in [0.15, 0.2) is 24.3 Å². The Morgan fingerprint density at radius 2 is 2.00 bits per heavy atom. The average Bonchev–Trinajstić information content (AvgIpc) is 3.13. The van der Waals surface area contributed by atoms with Gasteiger partial charge in [0.15, 0.2) is 5.78 Å². The number of rotatable bonds is 6. The second-order valence-corrected chi connectivity index (χ2v) is 5.56. The van der Waals surface area contributed by atoms with Crippen molar-refractivity contribution in [3.63, 3.8) is 0 Å². The van der Waals surface area contributed by atoms with Crippen LogP contribution in [0.3, 0.4) is 0 Å². The molecule has 4 heteroatoms. The number of hydrogen-bond acceptors (Lipinski definition) is 3. The van der Waals surface area contributed by atoms with E-state index in [0.29, 0.717) is 17.5 Å². The van der Waals surface area contributed by atoms with Gasteiger partial charge in [-0.05, 0) is 25.3 Å². The van der Waals surface area contributed by atoms with Crippen LogP contribution in [0.1, 0.15) is 28.8 Å². The number of carbonyl (C=O) groups is 2. The zero-order valence-corrected chi connectivity index (χ0v) is 11.3. The first-order valence-corrected chi connectivity index (χ1v) is 7.28. The summed E-state index contributed by atoms with van der Waals surface area (Å²) in [6, 6.07) is 7.94. The molecule has 0 spiro atoms. The molecule has 2 rings (SSSR count). The second kappa shape index (κ2) is 6.05. The van der Waals surface area contributed by atoms with E-state index in [4.69, 9.17) is 0 Å². The summed E-state index contributed by atoms with van der Waals surface area (Å²) in [5.41, 5.74) is 1.75. The van der Waals surface area contributed by atoms with Gasteiger partial charge in [0, 0.05) is 11.6 Å². The van der Waals surface area contributed by atoms with Gasteiger partial charge in [0.2, 0.25) is 5.91 Å². The fraction of sp³-hybridized carbons (Fsp3) is 0.429. The van der Waals surface area contributed by atoms with Gasteiger partial charge in [-0.25, -0.2) is 0 Å². The number of benzene rings is 1. The van der Waals surface area contributed by atoms with Gasteiger partial charge in [-0.3, -0.25) is 9.59 Å². The van der Waals surface area contributed by atoms with Crippen molar-refractivity contribution in [2.75, 3.05) is 11.5 Å². The van der Waals surface area contributed by atoms with Crippen molar-refractivity contribution in [2.45, 2.75) is 25.8 Å². The molecule has 0 heterocycles. The molecule has 0 radical (unpaired) electrons. The molecule has 1 fully saturated rings. The first-order chi connectivity index (χ1) is 8.66. The molecule has 3 nitrogen and oxygen atoms in total. The number of ketones is 1. The third-order valence-electron chi connectivity index (χ3n) is 2.85. The van der Waals surface area contributed by atoms with E-state index >= 15 is 0 Å². The van der Waals surface area contributed by atoms with E-state index < -0.39 is 0 Å². The summed E-state index contributed by atoms with van der Waals surface area (Å²) in [4.78, 5) is 23.4. The lowest BCUT2D eigenvalue weighted by molar-refractivity contribution is -0.118. The van der Waals surface area contributed by atoms with Crippen molar-refractivity contribution in [1.29, 1.82) is 0 Å². The van der Waals surface area contributed by atoms with Crippen LogP contribution in [0.2, 0.25) is 0 Å². The smallest absolute Gasteiger partial charge is 0.230 e. The van der Waals surface area contributed by atoms with Gasteiger partial charge < -0.3 is 5.32 Å². The van der Waals surface area contributed by atoms with Crippen LogP contribution in [-0.4, -0.2) is 29.2 Å². The fourth-order valence-corrected chi connectivity index (χ4v) is 2.41. The molecule has 1 amide bonds. The van der Waals surface area contributed by atoms with Crippen molar-refractivity contribution in [1.82, 2.24) is 5.32 Å². The summed E-state index contributed by atoms with van der Waals surface area (Å²) in [6.07, 6.45) is 2.19. The van der Waals surface area contributed by atoms with E-state index in [-0.39, 0.29) is 11.7 Å². The maximum absolute atomic E-state index is 11.9. The Morgan fingerprint density at radius 3 is 2.67 bits per heavy atom. The van der Waals surface area contributed by atoms with Crippen molar-refractivity contribution < 1.29 is 9.59 Å². The standard InChI is InChI=1S/C14H17NO2S/c1-10-4-2-3-5-12(10)13(16)8-18-9-14(17)15-11-6-7-11/h2-5,11H,6-9H2,1H3,(H,15,17). The number of hydrogen-bond donors (Lipinski definition) is 1. The minimum Gasteiger partial charge on any atom is -0.353 e. The van der Waals surface area contributed by atoms with Crippen LogP contribution >= 0.6 is 11.8 Å². The number of Topliss-reactive ketones (excluding diaryl/α,β-unsaturated/α-hetero) is 1. The molecule has 0 atom stereocenters. The maximum Gasteiger partial charge on any atom is 0.230 e. The molecule has 0 aromatic heterocycles. The normalized spacial score (nSPS) is 14.3. The zero-order chi connectivity index (χ0) is 13.0. The van der Waals surface area contributed by atoms with Gasteiger partial charge in [-0.2, -0.15) is 0 Å². The zero-order valence-electron chi connectivity index (χ0n) is 10.4. The van der Waals surface area contributed by atoms with Gasteiger partial charge in [0.1, 0.15) is 0 Å². The number of amides is 1. The van der Waals surface area contributed by atoms with E-state index in [9.17, 15) is 9.59 Å². The van der Waals surface area contributed by atoms with E-state index in [1.54, 1.807) is 0 Å². The van der Waals surface area contributed by atoms with Gasteiger partial charge in [-0.1, -0.05) is 24.3 Å². The van der Waals surface area contributed by atoms with Crippen molar-refractivity contribution in [2.24, 2.45) is 0 Å². The molecule has 0 unspecified atom stereocenters. The molecule has 18 heavy (non-hydrogen) atoms. The molecular formula is C14H17NO2S. The van der Waals surface area contributed by atoms with E-state index in [2.05, 4.69) is 5.32 Å². The highest BCUT2D eigenvalue weighted by atomic mass is 32.2. The number of nitrogens with one attached hydrogen (secondary N) is 1. The third kappa shape index (κ3) is 3.88. The summed E-state index contributed by atoms with van der Waals surface area (Å²) in [7, 11) is 0. The first-order valence-electron chi connectivity index (χ1n) is 6.13. The molecule has 1 N–H and O–H groups in total. The summed E-state index contributed by atoms with van der Waals surface area (Å²) < 4.78 is 0. The van der Waals surface area contributed by atoms with Crippen LogP contribution in [-0.2, 0) is 4.79 Å². The molecule has 0 bridgehead atoms. The Labute approximate surface area is 111 Å². The van der Waals surface area contributed by atoms with Gasteiger partial charge in [0.25, 0.3) is 0 Å². The molecule has 1 saturated carbocycles. The fourth-order valence-electron chi connectivity index (χ4n) is 1.70. The minimum absolute atomic E-state index is 0.0417. The third-order valence-corrected chi connectivity index (χ3v) is 3.79. The van der Waals surface area contributed by atoms with E-state index in [0.717, 1.165) is 24.0 Å². The predicted octanol–water partition coefficient (Wildman–Crippen LogP) is 2.19. The summed E-state index contributed by atoms with van der Waals surface area (Å²) >= 11 is 1.38. The van der Waals surface area contributed by atoms with Crippen LogP contribution in [0, 0.1) is 6.92 Å². The lowest BCUT2D eigenvalue weighted by Gasteiger charge is -2.05. The Bertz CT molecular complexity index is 455. The van der Waals surface area contributed by atoms with Crippen LogP contribution in [0.25, 0.3) is 0 Å². The van der Waals surface area contributed by atoms with Crippen LogP contribution in [0.4, 0.5) is 0 Å². The summed E-state index contributed by atoms with van der Waals surface area (Å²) in [5.74, 6) is 0.870. The Hall–Kier alpha value is -1.29. The number of thioether (sulfide) groups is 1. The lowest BCUT2D eigenvalue weighted by Crippen LogP contribution is -2.27. The number of carbonyl (C=O) groups excluding carboxylic acids is 2. The molecule has 1 aromatic rings. The Kier molecular flexibility index (Phi) is 4.42. The summed E-state index contributed by atoms with van der Waals surface area (Å²) in [5, 5.41) is 2.91. The average molecular weight is 263 g/mol. The topological polar surface area (TPSA) is 46.2 Å². The number of aryl methyl sites for hydroxylation is 1. The van der Waals surface area contributed by atoms with Crippen LogP contribution < -0.4 is 5.32 Å². The van der Waals surface area contributed by atoms with E-state index in [1.165, 1.54) is 11.8 Å². The molecular weight excluding hydrogens is 246 g/mol. The largest absolute Gasteiger partial charge is 0.353 e. The van der Waals surface area contributed by atoms with Crippen molar-refractivity contribution in [3.05, 3.63) is 35.4 Å².